The molecule has 0 aliphatic heterocycles. The molecule has 0 saturated heterocycles. The van der Waals surface area contributed by atoms with Gasteiger partial charge in [0, 0.05) is 5.56 Å². The quantitative estimate of drug-likeness (QED) is 0.714. The van der Waals surface area contributed by atoms with Crippen LogP contribution < -0.4 is 4.74 Å². The molecule has 0 amide bonds. The van der Waals surface area contributed by atoms with Crippen molar-refractivity contribution in [2.45, 2.75) is 12.6 Å². The van der Waals surface area contributed by atoms with E-state index >= 15 is 0 Å². The summed E-state index contributed by atoms with van der Waals surface area (Å²) >= 11 is 0. The molecule has 1 unspecified atom stereocenters. The average Bonchev–Trinajstić information content (AvgIpc) is 3.12. The summed E-state index contributed by atoms with van der Waals surface area (Å²) in [6, 6.07) is 17.1. The second-order valence-corrected chi connectivity index (χ2v) is 5.75. The topological polar surface area (TPSA) is 71.6 Å². The Bertz CT molecular complexity index is 787. The number of ether oxygens (including phenoxy) is 1. The Morgan fingerprint density at radius 3 is 2.44 bits per heavy atom. The summed E-state index contributed by atoms with van der Waals surface area (Å²) in [5.41, 5.74) is 1.88. The molecular formula is C19H21N3O3. The maximum atomic E-state index is 9.80. The van der Waals surface area contributed by atoms with E-state index in [1.165, 1.54) is 0 Å². The average molecular weight is 339 g/mol. The van der Waals surface area contributed by atoms with E-state index in [0.29, 0.717) is 18.3 Å². The first-order valence-corrected chi connectivity index (χ1v) is 8.04. The number of rotatable bonds is 7. The van der Waals surface area contributed by atoms with Crippen LogP contribution in [-0.2, 0) is 6.54 Å². The van der Waals surface area contributed by atoms with Gasteiger partial charge in [-0.3, -0.25) is 4.90 Å². The maximum Gasteiger partial charge on any atom is 0.247 e. The van der Waals surface area contributed by atoms with Gasteiger partial charge in [0.15, 0.2) is 0 Å². The zero-order valence-corrected chi connectivity index (χ0v) is 14.3. The number of likely N-dealkylation sites (N-methyl/N-ethyl adjacent to an activating group) is 1. The van der Waals surface area contributed by atoms with Crippen LogP contribution in [0.3, 0.4) is 0 Å². The summed E-state index contributed by atoms with van der Waals surface area (Å²) in [7, 11) is 3.54. The van der Waals surface area contributed by atoms with Gasteiger partial charge in [0.05, 0.1) is 26.3 Å². The molecule has 130 valence electrons. The van der Waals surface area contributed by atoms with Crippen LogP contribution in [0, 0.1) is 0 Å². The number of nitrogens with zero attached hydrogens (tertiary/aromatic N) is 3. The highest BCUT2D eigenvalue weighted by Crippen LogP contribution is 2.24. The molecular weight excluding hydrogens is 318 g/mol. The van der Waals surface area contributed by atoms with Crippen LogP contribution in [0.5, 0.6) is 5.75 Å². The number of hydrogen-bond acceptors (Lipinski definition) is 6. The highest BCUT2D eigenvalue weighted by Gasteiger charge is 2.19. The van der Waals surface area contributed by atoms with E-state index in [4.69, 9.17) is 9.15 Å². The molecule has 0 saturated carbocycles. The zero-order chi connectivity index (χ0) is 17.6. The van der Waals surface area contributed by atoms with Gasteiger partial charge in [0.25, 0.3) is 0 Å². The second kappa shape index (κ2) is 7.92. The van der Waals surface area contributed by atoms with Gasteiger partial charge in [0.1, 0.15) is 5.75 Å². The molecule has 6 nitrogen and oxygen atoms in total. The van der Waals surface area contributed by atoms with E-state index in [1.54, 1.807) is 7.11 Å². The van der Waals surface area contributed by atoms with E-state index in [1.807, 2.05) is 66.5 Å². The van der Waals surface area contributed by atoms with E-state index in [0.717, 1.165) is 16.9 Å². The summed E-state index contributed by atoms with van der Waals surface area (Å²) in [5, 5.41) is 18.0. The summed E-state index contributed by atoms with van der Waals surface area (Å²) in [6.07, 6.45) is 0. The second-order valence-electron chi connectivity index (χ2n) is 5.75. The molecule has 0 radical (unpaired) electrons. The molecule has 1 heterocycles. The Labute approximate surface area is 146 Å². The largest absolute Gasteiger partial charge is 0.497 e. The first-order chi connectivity index (χ1) is 12.2. The van der Waals surface area contributed by atoms with Crippen molar-refractivity contribution in [2.75, 3.05) is 20.8 Å². The van der Waals surface area contributed by atoms with Gasteiger partial charge in [-0.1, -0.05) is 30.3 Å². The normalized spacial score (nSPS) is 12.3. The summed E-state index contributed by atoms with van der Waals surface area (Å²) in [5.74, 6) is 1.79. The Hall–Kier alpha value is -2.70. The third-order valence-electron chi connectivity index (χ3n) is 4.08. The minimum Gasteiger partial charge on any atom is -0.497 e. The van der Waals surface area contributed by atoms with Gasteiger partial charge in [-0.2, -0.15) is 0 Å². The standard InChI is InChI=1S/C19H21N3O3/c1-22(17(13-23)14-8-10-16(24-2)11-9-14)12-18-20-21-19(25-18)15-6-4-3-5-7-15/h3-11,17,23H,12-13H2,1-2H3. The number of hydrogen-bond donors (Lipinski definition) is 1. The van der Waals surface area contributed by atoms with Crippen LogP contribution >= 0.6 is 0 Å². The first-order valence-electron chi connectivity index (χ1n) is 8.04. The van der Waals surface area contributed by atoms with Crippen molar-refractivity contribution in [1.82, 2.24) is 15.1 Å². The molecule has 3 rings (SSSR count). The SMILES string of the molecule is COc1ccc(C(CO)N(C)Cc2nnc(-c3ccccc3)o2)cc1. The molecule has 1 aromatic heterocycles. The number of aliphatic hydroxyl groups excluding tert-OH is 1. The fourth-order valence-corrected chi connectivity index (χ4v) is 2.66. The molecule has 0 aliphatic rings. The lowest BCUT2D eigenvalue weighted by atomic mass is 10.1. The van der Waals surface area contributed by atoms with Crippen molar-refractivity contribution in [3.05, 3.63) is 66.1 Å². The van der Waals surface area contributed by atoms with Crippen LogP contribution in [0.1, 0.15) is 17.5 Å². The molecule has 0 aliphatic carbocycles. The van der Waals surface area contributed by atoms with Crippen molar-refractivity contribution in [1.29, 1.82) is 0 Å². The minimum absolute atomic E-state index is 0.0114. The highest BCUT2D eigenvalue weighted by molar-refractivity contribution is 5.51. The lowest BCUT2D eigenvalue weighted by Crippen LogP contribution is -2.27. The van der Waals surface area contributed by atoms with Crippen LogP contribution in [0.4, 0.5) is 0 Å². The molecule has 25 heavy (non-hydrogen) atoms. The molecule has 0 fully saturated rings. The molecule has 0 bridgehead atoms. The minimum atomic E-state index is -0.169. The third kappa shape index (κ3) is 4.04. The maximum absolute atomic E-state index is 9.80. The van der Waals surface area contributed by atoms with Gasteiger partial charge >= 0.3 is 0 Å². The fourth-order valence-electron chi connectivity index (χ4n) is 2.66. The number of aliphatic hydroxyl groups is 1. The molecule has 0 spiro atoms. The predicted octanol–water partition coefficient (Wildman–Crippen LogP) is 2.91. The van der Waals surface area contributed by atoms with E-state index in [2.05, 4.69) is 10.2 Å². The van der Waals surface area contributed by atoms with Crippen molar-refractivity contribution < 1.29 is 14.3 Å². The Morgan fingerprint density at radius 2 is 1.80 bits per heavy atom. The Kier molecular flexibility index (Phi) is 5.42. The van der Waals surface area contributed by atoms with Gasteiger partial charge in [0.2, 0.25) is 11.8 Å². The molecule has 1 N–H and O–H groups in total. The third-order valence-corrected chi connectivity index (χ3v) is 4.08. The summed E-state index contributed by atoms with van der Waals surface area (Å²) < 4.78 is 10.9. The van der Waals surface area contributed by atoms with Crippen LogP contribution in [-0.4, -0.2) is 41.0 Å². The van der Waals surface area contributed by atoms with Gasteiger partial charge in [-0.15, -0.1) is 10.2 Å². The lowest BCUT2D eigenvalue weighted by molar-refractivity contribution is 0.134. The molecule has 2 aromatic carbocycles. The lowest BCUT2D eigenvalue weighted by Gasteiger charge is -2.25. The van der Waals surface area contributed by atoms with Gasteiger partial charge in [-0.05, 0) is 36.9 Å². The number of methoxy groups -OCH3 is 1. The highest BCUT2D eigenvalue weighted by atomic mass is 16.5. The van der Waals surface area contributed by atoms with Crippen molar-refractivity contribution in [3.63, 3.8) is 0 Å². The van der Waals surface area contributed by atoms with Crippen LogP contribution in [0.15, 0.2) is 59.0 Å². The zero-order valence-electron chi connectivity index (χ0n) is 14.3. The fraction of sp³-hybridized carbons (Fsp3) is 0.263. The molecule has 3 aromatic rings. The van der Waals surface area contributed by atoms with Crippen LogP contribution in [0.2, 0.25) is 0 Å². The first kappa shape index (κ1) is 17.1. The Balaban J connectivity index is 1.71. The van der Waals surface area contributed by atoms with Gasteiger partial charge in [-0.25, -0.2) is 0 Å². The number of aromatic nitrogens is 2. The monoisotopic (exact) mass is 339 g/mol. The van der Waals surface area contributed by atoms with Crippen molar-refractivity contribution >= 4 is 0 Å². The van der Waals surface area contributed by atoms with Crippen molar-refractivity contribution in [2.24, 2.45) is 0 Å². The number of benzene rings is 2. The van der Waals surface area contributed by atoms with Crippen LogP contribution in [0.25, 0.3) is 11.5 Å². The van der Waals surface area contributed by atoms with E-state index in [-0.39, 0.29) is 12.6 Å². The summed E-state index contributed by atoms with van der Waals surface area (Å²) in [6.45, 7) is 0.430. The smallest absolute Gasteiger partial charge is 0.247 e. The summed E-state index contributed by atoms with van der Waals surface area (Å²) in [4.78, 5) is 1.98. The van der Waals surface area contributed by atoms with E-state index in [9.17, 15) is 5.11 Å². The van der Waals surface area contributed by atoms with Crippen molar-refractivity contribution in [3.8, 4) is 17.2 Å². The predicted molar refractivity (Wildman–Crippen MR) is 94.0 cm³/mol. The molecule has 1 atom stereocenters. The van der Waals surface area contributed by atoms with Gasteiger partial charge < -0.3 is 14.3 Å². The van der Waals surface area contributed by atoms with E-state index < -0.39 is 0 Å². The molecule has 6 heteroatoms. The Morgan fingerprint density at radius 1 is 1.08 bits per heavy atom.